The van der Waals surface area contributed by atoms with E-state index in [0.717, 1.165) is 12.1 Å². The highest BCUT2D eigenvalue weighted by Crippen LogP contribution is 2.10. The van der Waals surface area contributed by atoms with Gasteiger partial charge >= 0.3 is 0 Å². The third-order valence-corrected chi connectivity index (χ3v) is 4.25. The second kappa shape index (κ2) is 8.64. The average Bonchev–Trinajstić information content (AvgIpc) is 3.29. The molecule has 0 bridgehead atoms. The summed E-state index contributed by atoms with van der Waals surface area (Å²) in [6, 6.07) is 12.0. The molecular formula is C20H25N5O2. The van der Waals surface area contributed by atoms with E-state index in [1.807, 2.05) is 50.0 Å². The fourth-order valence-electron chi connectivity index (χ4n) is 2.81. The van der Waals surface area contributed by atoms with Crippen LogP contribution in [-0.4, -0.2) is 39.3 Å². The van der Waals surface area contributed by atoms with E-state index in [0.29, 0.717) is 24.5 Å². The number of nitrogens with one attached hydrogen (secondary N) is 1. The molecule has 2 aromatic heterocycles. The first kappa shape index (κ1) is 18.8. The van der Waals surface area contributed by atoms with Crippen LogP contribution < -0.4 is 5.32 Å². The van der Waals surface area contributed by atoms with E-state index in [9.17, 15) is 4.79 Å². The number of carbonyl (C=O) groups excluding carboxylic acids is 1. The molecule has 7 nitrogen and oxygen atoms in total. The van der Waals surface area contributed by atoms with Gasteiger partial charge in [-0.05, 0) is 32.0 Å². The lowest BCUT2D eigenvalue weighted by Crippen LogP contribution is -2.30. The highest BCUT2D eigenvalue weighted by molar-refractivity contribution is 5.92. The molecule has 142 valence electrons. The zero-order chi connectivity index (χ0) is 19.2. The van der Waals surface area contributed by atoms with Gasteiger partial charge in [0.1, 0.15) is 0 Å². The minimum Gasteiger partial charge on any atom is -0.359 e. The zero-order valence-electron chi connectivity index (χ0n) is 15.9. The van der Waals surface area contributed by atoms with Crippen molar-refractivity contribution >= 4 is 5.91 Å². The van der Waals surface area contributed by atoms with Gasteiger partial charge in [0.15, 0.2) is 11.5 Å². The Balaban J connectivity index is 1.49. The second-order valence-corrected chi connectivity index (χ2v) is 6.89. The lowest BCUT2D eigenvalue weighted by molar-refractivity contribution is 0.0938. The molecule has 1 aromatic carbocycles. The molecule has 3 rings (SSSR count). The summed E-state index contributed by atoms with van der Waals surface area (Å²) in [6.07, 6.45) is 3.75. The number of nitrogens with zero attached hydrogens (tertiary/aromatic N) is 4. The van der Waals surface area contributed by atoms with E-state index in [-0.39, 0.29) is 11.9 Å². The van der Waals surface area contributed by atoms with Crippen LogP contribution in [0.2, 0.25) is 0 Å². The van der Waals surface area contributed by atoms with Gasteiger partial charge in [-0.1, -0.05) is 35.5 Å². The van der Waals surface area contributed by atoms with Gasteiger partial charge < -0.3 is 9.84 Å². The Morgan fingerprint density at radius 3 is 2.78 bits per heavy atom. The van der Waals surface area contributed by atoms with Crippen molar-refractivity contribution in [3.8, 4) is 0 Å². The van der Waals surface area contributed by atoms with Crippen LogP contribution in [0.3, 0.4) is 0 Å². The van der Waals surface area contributed by atoms with Gasteiger partial charge in [-0.3, -0.25) is 14.4 Å². The molecule has 27 heavy (non-hydrogen) atoms. The number of aryl methyl sites for hydroxylation is 1. The van der Waals surface area contributed by atoms with Crippen LogP contribution in [-0.2, 0) is 13.1 Å². The maximum absolute atomic E-state index is 12.3. The predicted molar refractivity (Wildman–Crippen MR) is 102 cm³/mol. The van der Waals surface area contributed by atoms with Crippen LogP contribution in [0.4, 0.5) is 0 Å². The van der Waals surface area contributed by atoms with Gasteiger partial charge in [0.2, 0.25) is 0 Å². The number of benzene rings is 1. The Bertz CT molecular complexity index is 871. The minimum absolute atomic E-state index is 0.0611. The molecule has 1 amide bonds. The van der Waals surface area contributed by atoms with Crippen molar-refractivity contribution in [1.29, 1.82) is 0 Å². The summed E-state index contributed by atoms with van der Waals surface area (Å²) < 4.78 is 7.15. The van der Waals surface area contributed by atoms with E-state index in [4.69, 9.17) is 4.52 Å². The molecule has 0 saturated carbocycles. The summed E-state index contributed by atoms with van der Waals surface area (Å²) in [5.41, 5.74) is 2.61. The average molecular weight is 367 g/mol. The Labute approximate surface area is 159 Å². The topological polar surface area (TPSA) is 76.2 Å². The molecule has 0 saturated heterocycles. The summed E-state index contributed by atoms with van der Waals surface area (Å²) >= 11 is 0. The van der Waals surface area contributed by atoms with Crippen LogP contribution in [0.25, 0.3) is 0 Å². The Morgan fingerprint density at radius 1 is 1.30 bits per heavy atom. The van der Waals surface area contributed by atoms with Crippen molar-refractivity contribution in [3.05, 3.63) is 71.4 Å². The number of hydrogen-bond donors (Lipinski definition) is 1. The number of aromatic nitrogens is 3. The van der Waals surface area contributed by atoms with E-state index in [2.05, 4.69) is 32.6 Å². The molecule has 1 atom stereocenters. The van der Waals surface area contributed by atoms with E-state index < -0.39 is 0 Å². The fraction of sp³-hybridized carbons (Fsp3) is 0.350. The van der Waals surface area contributed by atoms with Crippen LogP contribution in [0.1, 0.15) is 40.3 Å². The van der Waals surface area contributed by atoms with Gasteiger partial charge in [-0.2, -0.15) is 5.10 Å². The smallest absolute Gasteiger partial charge is 0.273 e. The number of rotatable bonds is 8. The first-order valence-corrected chi connectivity index (χ1v) is 8.98. The highest BCUT2D eigenvalue weighted by Gasteiger charge is 2.15. The van der Waals surface area contributed by atoms with Crippen LogP contribution in [0.15, 0.2) is 53.3 Å². The van der Waals surface area contributed by atoms with Crippen LogP contribution in [0, 0.1) is 6.92 Å². The van der Waals surface area contributed by atoms with Gasteiger partial charge in [-0.15, -0.1) is 0 Å². The summed E-state index contributed by atoms with van der Waals surface area (Å²) in [5.74, 6) is 0.417. The number of amides is 1. The Morgan fingerprint density at radius 2 is 2.07 bits per heavy atom. The third-order valence-electron chi connectivity index (χ3n) is 4.25. The molecule has 2 heterocycles. The molecular weight excluding hydrogens is 342 g/mol. The third kappa shape index (κ3) is 5.27. The SMILES string of the molecule is Cc1cnn([C@H](C)CNC(=O)c2cc(CN(C)Cc3ccccc3)on2)c1. The number of hydrogen-bond acceptors (Lipinski definition) is 5. The van der Waals surface area contributed by atoms with Crippen molar-refractivity contribution in [2.75, 3.05) is 13.6 Å². The van der Waals surface area contributed by atoms with Crippen molar-refractivity contribution < 1.29 is 9.32 Å². The van der Waals surface area contributed by atoms with Gasteiger partial charge in [0.05, 0.1) is 18.8 Å². The maximum Gasteiger partial charge on any atom is 0.273 e. The fourth-order valence-corrected chi connectivity index (χ4v) is 2.81. The van der Waals surface area contributed by atoms with E-state index >= 15 is 0 Å². The van der Waals surface area contributed by atoms with Crippen molar-refractivity contribution in [3.63, 3.8) is 0 Å². The van der Waals surface area contributed by atoms with E-state index in [1.165, 1.54) is 5.56 Å². The van der Waals surface area contributed by atoms with Gasteiger partial charge in [0, 0.05) is 25.4 Å². The normalized spacial score (nSPS) is 12.3. The molecule has 1 N–H and O–H groups in total. The molecule has 0 radical (unpaired) electrons. The molecule has 7 heteroatoms. The molecule has 0 aliphatic heterocycles. The zero-order valence-corrected chi connectivity index (χ0v) is 15.9. The van der Waals surface area contributed by atoms with Gasteiger partial charge in [0.25, 0.3) is 5.91 Å². The summed E-state index contributed by atoms with van der Waals surface area (Å²) in [6.45, 7) is 5.83. The minimum atomic E-state index is -0.244. The van der Waals surface area contributed by atoms with Crippen LogP contribution in [0.5, 0.6) is 0 Å². The molecule has 3 aromatic rings. The van der Waals surface area contributed by atoms with E-state index in [1.54, 1.807) is 12.3 Å². The monoisotopic (exact) mass is 367 g/mol. The second-order valence-electron chi connectivity index (χ2n) is 6.89. The van der Waals surface area contributed by atoms with Gasteiger partial charge in [-0.25, -0.2) is 0 Å². The quantitative estimate of drug-likeness (QED) is 0.662. The Kier molecular flexibility index (Phi) is 6.03. The summed E-state index contributed by atoms with van der Waals surface area (Å²) in [4.78, 5) is 14.4. The lowest BCUT2D eigenvalue weighted by atomic mass is 10.2. The van der Waals surface area contributed by atoms with Crippen LogP contribution >= 0.6 is 0 Å². The molecule has 0 fully saturated rings. The largest absolute Gasteiger partial charge is 0.359 e. The molecule has 0 unspecified atom stereocenters. The summed E-state index contributed by atoms with van der Waals surface area (Å²) in [5, 5.41) is 11.0. The van der Waals surface area contributed by atoms with Crippen molar-refractivity contribution in [1.82, 2.24) is 25.2 Å². The molecule has 0 aliphatic rings. The predicted octanol–water partition coefficient (Wildman–Crippen LogP) is 2.80. The molecule has 0 spiro atoms. The molecule has 0 aliphatic carbocycles. The Hall–Kier alpha value is -2.93. The lowest BCUT2D eigenvalue weighted by Gasteiger charge is -2.14. The highest BCUT2D eigenvalue weighted by atomic mass is 16.5. The van der Waals surface area contributed by atoms with Crippen molar-refractivity contribution in [2.24, 2.45) is 0 Å². The van der Waals surface area contributed by atoms with Crippen molar-refractivity contribution in [2.45, 2.75) is 33.0 Å². The summed E-state index contributed by atoms with van der Waals surface area (Å²) in [7, 11) is 2.00. The first-order chi connectivity index (χ1) is 13.0. The standard InChI is InChI=1S/C20H25N5O2/c1-15-10-22-25(12-15)16(2)11-21-20(26)19-9-18(27-23-19)14-24(3)13-17-7-5-4-6-8-17/h4-10,12,16H,11,13-14H2,1-3H3,(H,21,26)/t16-/m1/s1. The number of carbonyl (C=O) groups is 1. The maximum atomic E-state index is 12.3. The first-order valence-electron chi connectivity index (χ1n) is 8.98.